The van der Waals surface area contributed by atoms with Crippen molar-refractivity contribution >= 4 is 23.7 Å². The maximum absolute atomic E-state index is 11.0. The van der Waals surface area contributed by atoms with Crippen molar-refractivity contribution in [3.63, 3.8) is 0 Å². The molecule has 0 spiro atoms. The van der Waals surface area contributed by atoms with Crippen molar-refractivity contribution < 1.29 is 14.1 Å². The quantitative estimate of drug-likeness (QED) is 0.458. The number of aldehydes is 1. The number of hydrogen-bond acceptors (Lipinski definition) is 7. The van der Waals surface area contributed by atoms with Gasteiger partial charge in [-0.2, -0.15) is 0 Å². The van der Waals surface area contributed by atoms with E-state index in [9.17, 15) is 14.9 Å². The number of carbonyl (C=O) groups is 1. The van der Waals surface area contributed by atoms with Crippen LogP contribution in [0.25, 0.3) is 0 Å². The third-order valence-corrected chi connectivity index (χ3v) is 3.37. The Balaban J connectivity index is 2.23. The molecule has 0 atom stereocenters. The van der Waals surface area contributed by atoms with E-state index < -0.39 is 4.92 Å². The summed E-state index contributed by atoms with van der Waals surface area (Å²) in [6.45, 7) is 2.00. The zero-order valence-corrected chi connectivity index (χ0v) is 11.4. The van der Waals surface area contributed by atoms with Gasteiger partial charge in [0.2, 0.25) is 5.89 Å². The van der Waals surface area contributed by atoms with Gasteiger partial charge in [0.1, 0.15) is 0 Å². The molecule has 1 aromatic heterocycles. The van der Waals surface area contributed by atoms with Gasteiger partial charge in [-0.15, -0.1) is 10.2 Å². The van der Waals surface area contributed by atoms with Crippen LogP contribution in [0.5, 0.6) is 0 Å². The second-order valence-electron chi connectivity index (χ2n) is 3.91. The summed E-state index contributed by atoms with van der Waals surface area (Å²) >= 11 is 1.11. The molecule has 0 saturated carbocycles. The van der Waals surface area contributed by atoms with Crippen LogP contribution in [-0.2, 0) is 6.42 Å². The largest absolute Gasteiger partial charge is 0.416 e. The van der Waals surface area contributed by atoms with Crippen LogP contribution < -0.4 is 0 Å². The van der Waals surface area contributed by atoms with Crippen LogP contribution >= 0.6 is 11.8 Å². The second kappa shape index (κ2) is 6.29. The Bertz CT molecular complexity index is 641. The first-order chi connectivity index (χ1) is 9.63. The normalized spacial score (nSPS) is 10.4. The van der Waals surface area contributed by atoms with Crippen LogP contribution in [0.15, 0.2) is 32.7 Å². The van der Waals surface area contributed by atoms with E-state index in [4.69, 9.17) is 4.42 Å². The van der Waals surface area contributed by atoms with Gasteiger partial charge in [-0.05, 0) is 24.2 Å². The van der Waals surface area contributed by atoms with E-state index in [0.717, 1.165) is 18.2 Å². The summed E-state index contributed by atoms with van der Waals surface area (Å²) in [7, 11) is 0. The molecule has 8 heteroatoms. The molecular weight excluding hydrogens is 282 g/mol. The SMILES string of the molecule is CCCc1nnc(Sc2ccc([N+](=O)[O-])cc2C=O)o1. The number of carbonyl (C=O) groups excluding carboxylic acids is 1. The zero-order valence-electron chi connectivity index (χ0n) is 10.6. The number of nitro groups is 1. The van der Waals surface area contributed by atoms with E-state index in [-0.39, 0.29) is 11.3 Å². The predicted octanol–water partition coefficient (Wildman–Crippen LogP) is 2.89. The lowest BCUT2D eigenvalue weighted by atomic mass is 10.2. The van der Waals surface area contributed by atoms with Gasteiger partial charge in [0.05, 0.1) is 4.92 Å². The van der Waals surface area contributed by atoms with Crippen LogP contribution in [0.2, 0.25) is 0 Å². The fraction of sp³-hybridized carbons (Fsp3) is 0.250. The van der Waals surface area contributed by atoms with Gasteiger partial charge in [-0.3, -0.25) is 14.9 Å². The summed E-state index contributed by atoms with van der Waals surface area (Å²) in [5.74, 6) is 0.532. The van der Waals surface area contributed by atoms with E-state index in [1.54, 1.807) is 0 Å². The second-order valence-corrected chi connectivity index (χ2v) is 4.90. The number of rotatable bonds is 6. The molecular formula is C12H11N3O4S. The molecule has 0 fully saturated rings. The molecule has 1 aromatic carbocycles. The van der Waals surface area contributed by atoms with Crippen molar-refractivity contribution in [1.82, 2.24) is 10.2 Å². The molecule has 1 heterocycles. The van der Waals surface area contributed by atoms with Crippen molar-refractivity contribution in [2.24, 2.45) is 0 Å². The first-order valence-corrected chi connectivity index (χ1v) is 6.69. The van der Waals surface area contributed by atoms with E-state index in [1.165, 1.54) is 18.2 Å². The topological polar surface area (TPSA) is 99.1 Å². The summed E-state index contributed by atoms with van der Waals surface area (Å²) in [4.78, 5) is 21.6. The molecule has 2 aromatic rings. The van der Waals surface area contributed by atoms with Gasteiger partial charge in [0, 0.05) is 29.0 Å². The maximum Gasteiger partial charge on any atom is 0.281 e. The van der Waals surface area contributed by atoms with Crippen LogP contribution in [0, 0.1) is 10.1 Å². The molecule has 0 saturated heterocycles. The Morgan fingerprint density at radius 3 is 2.90 bits per heavy atom. The summed E-state index contributed by atoms with van der Waals surface area (Å²) in [5, 5.41) is 18.7. The lowest BCUT2D eigenvalue weighted by Crippen LogP contribution is -1.92. The van der Waals surface area contributed by atoms with Gasteiger partial charge in [0.25, 0.3) is 10.9 Å². The summed E-state index contributed by atoms with van der Waals surface area (Å²) in [6, 6.07) is 4.05. The molecule has 104 valence electrons. The van der Waals surface area contributed by atoms with Gasteiger partial charge in [-0.1, -0.05) is 6.92 Å². The summed E-state index contributed by atoms with van der Waals surface area (Å²) in [5.41, 5.74) is 0.0908. The van der Waals surface area contributed by atoms with E-state index >= 15 is 0 Å². The monoisotopic (exact) mass is 293 g/mol. The highest BCUT2D eigenvalue weighted by atomic mass is 32.2. The lowest BCUT2D eigenvalue weighted by molar-refractivity contribution is -0.384. The Morgan fingerprint density at radius 1 is 1.45 bits per heavy atom. The zero-order chi connectivity index (χ0) is 14.5. The molecule has 0 bridgehead atoms. The standard InChI is InChI=1S/C12H11N3O4S/c1-2-3-11-13-14-12(19-11)20-10-5-4-9(15(17)18)6-8(10)7-16/h4-7H,2-3H2,1H3. The summed E-state index contributed by atoms with van der Waals surface area (Å²) < 4.78 is 5.40. The molecule has 0 amide bonds. The van der Waals surface area contributed by atoms with Crippen LogP contribution in [0.1, 0.15) is 29.6 Å². The molecule has 20 heavy (non-hydrogen) atoms. The maximum atomic E-state index is 11.0. The van der Waals surface area contributed by atoms with Gasteiger partial charge in [-0.25, -0.2) is 0 Å². The van der Waals surface area contributed by atoms with Gasteiger partial charge < -0.3 is 4.42 Å². The number of non-ortho nitro benzene ring substituents is 1. The molecule has 0 radical (unpaired) electrons. The first-order valence-electron chi connectivity index (χ1n) is 5.88. The third kappa shape index (κ3) is 3.21. The highest BCUT2D eigenvalue weighted by molar-refractivity contribution is 7.99. The van der Waals surface area contributed by atoms with E-state index in [0.29, 0.717) is 28.7 Å². The minimum Gasteiger partial charge on any atom is -0.416 e. The average molecular weight is 293 g/mol. The number of nitrogens with zero attached hydrogens (tertiary/aromatic N) is 3. The lowest BCUT2D eigenvalue weighted by Gasteiger charge is -2.00. The minimum atomic E-state index is -0.548. The Labute approximate surface area is 118 Å². The van der Waals surface area contributed by atoms with Gasteiger partial charge in [0.15, 0.2) is 6.29 Å². The van der Waals surface area contributed by atoms with E-state index in [1.807, 2.05) is 6.92 Å². The number of aromatic nitrogens is 2. The Morgan fingerprint density at radius 2 is 2.25 bits per heavy atom. The third-order valence-electron chi connectivity index (χ3n) is 2.44. The van der Waals surface area contributed by atoms with Crippen molar-refractivity contribution in [1.29, 1.82) is 0 Å². The minimum absolute atomic E-state index is 0.131. The van der Waals surface area contributed by atoms with Crippen molar-refractivity contribution in [2.75, 3.05) is 0 Å². The highest BCUT2D eigenvalue weighted by Crippen LogP contribution is 2.31. The number of hydrogen-bond donors (Lipinski definition) is 0. The molecule has 0 unspecified atom stereocenters. The molecule has 0 N–H and O–H groups in total. The molecule has 2 rings (SSSR count). The molecule has 0 aliphatic heterocycles. The van der Waals surface area contributed by atoms with Crippen molar-refractivity contribution in [2.45, 2.75) is 29.9 Å². The van der Waals surface area contributed by atoms with Crippen LogP contribution in [-0.4, -0.2) is 21.4 Å². The number of aryl methyl sites for hydroxylation is 1. The first kappa shape index (κ1) is 14.2. The highest BCUT2D eigenvalue weighted by Gasteiger charge is 2.14. The van der Waals surface area contributed by atoms with E-state index in [2.05, 4.69) is 10.2 Å². The Kier molecular flexibility index (Phi) is 4.46. The molecule has 7 nitrogen and oxygen atoms in total. The fourth-order valence-corrected chi connectivity index (χ4v) is 2.29. The smallest absolute Gasteiger partial charge is 0.281 e. The van der Waals surface area contributed by atoms with Crippen molar-refractivity contribution in [3.05, 3.63) is 39.8 Å². The van der Waals surface area contributed by atoms with Crippen LogP contribution in [0.4, 0.5) is 5.69 Å². The average Bonchev–Trinajstić information content (AvgIpc) is 2.87. The van der Waals surface area contributed by atoms with Gasteiger partial charge >= 0.3 is 0 Å². The molecule has 0 aliphatic rings. The summed E-state index contributed by atoms with van der Waals surface area (Å²) in [6.07, 6.45) is 2.15. The van der Waals surface area contributed by atoms with Crippen molar-refractivity contribution in [3.8, 4) is 0 Å². The van der Waals surface area contributed by atoms with Crippen LogP contribution in [0.3, 0.4) is 0 Å². The number of nitro benzene ring substituents is 1. The predicted molar refractivity (Wildman–Crippen MR) is 70.9 cm³/mol. The molecule has 0 aliphatic carbocycles. The number of benzene rings is 1. The Hall–Kier alpha value is -2.22. The fourth-order valence-electron chi connectivity index (χ4n) is 1.52.